The first kappa shape index (κ1) is 15.2. The van der Waals surface area contributed by atoms with Gasteiger partial charge in [-0.3, -0.25) is 9.78 Å². The first-order valence-corrected chi connectivity index (χ1v) is 7.17. The molecule has 0 aliphatic heterocycles. The lowest BCUT2D eigenvalue weighted by Gasteiger charge is -2.08. The highest BCUT2D eigenvalue weighted by molar-refractivity contribution is 6.04. The van der Waals surface area contributed by atoms with E-state index in [-0.39, 0.29) is 11.7 Å². The van der Waals surface area contributed by atoms with E-state index in [0.717, 1.165) is 0 Å². The molecule has 2 heterocycles. The summed E-state index contributed by atoms with van der Waals surface area (Å²) in [5, 5.41) is 15.8. The third-order valence-corrected chi connectivity index (χ3v) is 3.55. The van der Waals surface area contributed by atoms with Gasteiger partial charge in [0.05, 0.1) is 17.4 Å². The van der Waals surface area contributed by atoms with E-state index in [1.807, 2.05) is 6.07 Å². The number of carbonyl (C=O) groups excluding carboxylic acids is 1. The second-order valence-corrected chi connectivity index (χ2v) is 5.10. The Bertz CT molecular complexity index is 936. The number of benzene rings is 1. The average Bonchev–Trinajstić information content (AvgIpc) is 2.96. The summed E-state index contributed by atoms with van der Waals surface area (Å²) in [5.41, 5.74) is 8.70. The summed E-state index contributed by atoms with van der Waals surface area (Å²) in [5.74, 6) is 0.0546. The minimum atomic E-state index is -0.223. The van der Waals surface area contributed by atoms with Gasteiger partial charge >= 0.3 is 0 Å². The molecule has 3 rings (SSSR count). The Balaban J connectivity index is 1.80. The van der Waals surface area contributed by atoms with Gasteiger partial charge in [0.1, 0.15) is 17.5 Å². The maximum atomic E-state index is 12.3. The topological polar surface area (TPSA) is 110 Å². The fourth-order valence-electron chi connectivity index (χ4n) is 2.26. The number of pyridine rings is 1. The monoisotopic (exact) mass is 318 g/mol. The molecule has 0 spiro atoms. The zero-order valence-electron chi connectivity index (χ0n) is 12.9. The molecule has 0 fully saturated rings. The van der Waals surface area contributed by atoms with Gasteiger partial charge < -0.3 is 11.1 Å². The Hall–Kier alpha value is -3.66. The van der Waals surface area contributed by atoms with E-state index in [1.165, 1.54) is 10.9 Å². The van der Waals surface area contributed by atoms with Crippen LogP contribution < -0.4 is 11.1 Å². The molecule has 118 valence electrons. The van der Waals surface area contributed by atoms with Crippen molar-refractivity contribution in [2.24, 2.45) is 0 Å². The fraction of sp³-hybridized carbons (Fsp3) is 0.0588. The van der Waals surface area contributed by atoms with Gasteiger partial charge in [0, 0.05) is 17.6 Å². The minimum Gasteiger partial charge on any atom is -0.382 e. The van der Waals surface area contributed by atoms with Crippen LogP contribution in [-0.2, 0) is 0 Å². The molecule has 7 nitrogen and oxygen atoms in total. The van der Waals surface area contributed by atoms with Gasteiger partial charge in [0.25, 0.3) is 5.91 Å². The Kier molecular flexibility index (Phi) is 3.95. The van der Waals surface area contributed by atoms with Crippen molar-refractivity contribution in [3.05, 3.63) is 65.6 Å². The van der Waals surface area contributed by atoms with Crippen LogP contribution in [0.4, 0.5) is 11.5 Å². The number of rotatable bonds is 3. The van der Waals surface area contributed by atoms with Crippen molar-refractivity contribution in [1.82, 2.24) is 14.8 Å². The second kappa shape index (κ2) is 6.22. The maximum Gasteiger partial charge on any atom is 0.257 e. The van der Waals surface area contributed by atoms with E-state index >= 15 is 0 Å². The Morgan fingerprint density at radius 2 is 2.04 bits per heavy atom. The third-order valence-electron chi connectivity index (χ3n) is 3.55. The lowest BCUT2D eigenvalue weighted by atomic mass is 10.2. The zero-order chi connectivity index (χ0) is 17.1. The predicted octanol–water partition coefficient (Wildman–Crippen LogP) is 2.28. The number of nitrogens with two attached hydrogens (primary N) is 1. The summed E-state index contributed by atoms with van der Waals surface area (Å²) in [7, 11) is 0. The summed E-state index contributed by atoms with van der Waals surface area (Å²) in [6.45, 7) is 1.78. The Morgan fingerprint density at radius 1 is 1.29 bits per heavy atom. The number of nitrogens with one attached hydrogen (secondary N) is 1. The summed E-state index contributed by atoms with van der Waals surface area (Å²) < 4.78 is 1.47. The molecule has 0 atom stereocenters. The predicted molar refractivity (Wildman–Crippen MR) is 89.6 cm³/mol. The molecule has 0 bridgehead atoms. The molecule has 0 saturated heterocycles. The van der Waals surface area contributed by atoms with E-state index in [0.29, 0.717) is 28.2 Å². The summed E-state index contributed by atoms with van der Waals surface area (Å²) >= 11 is 0. The SMILES string of the molecule is Cc1ncccc1C(=O)Nc1ccc(-n2ncc(C#N)c2N)cc1. The van der Waals surface area contributed by atoms with E-state index in [4.69, 9.17) is 11.0 Å². The van der Waals surface area contributed by atoms with E-state index in [9.17, 15) is 4.79 Å². The number of carbonyl (C=O) groups is 1. The summed E-state index contributed by atoms with van der Waals surface area (Å²) in [6, 6.07) is 12.4. The van der Waals surface area contributed by atoms with Gasteiger partial charge in [-0.2, -0.15) is 10.4 Å². The van der Waals surface area contributed by atoms with Crippen LogP contribution in [0.2, 0.25) is 0 Å². The van der Waals surface area contributed by atoms with Crippen LogP contribution in [0, 0.1) is 18.3 Å². The number of aryl methyl sites for hydroxylation is 1. The largest absolute Gasteiger partial charge is 0.382 e. The van der Waals surface area contributed by atoms with Crippen molar-refractivity contribution >= 4 is 17.4 Å². The Labute approximate surface area is 138 Å². The highest BCUT2D eigenvalue weighted by Crippen LogP contribution is 2.19. The molecule has 0 radical (unpaired) electrons. The van der Waals surface area contributed by atoms with E-state index < -0.39 is 0 Å². The molecule has 0 unspecified atom stereocenters. The van der Waals surface area contributed by atoms with E-state index in [1.54, 1.807) is 49.5 Å². The van der Waals surface area contributed by atoms with Crippen molar-refractivity contribution in [1.29, 1.82) is 5.26 Å². The smallest absolute Gasteiger partial charge is 0.257 e. The number of aromatic nitrogens is 3. The van der Waals surface area contributed by atoms with Crippen molar-refractivity contribution < 1.29 is 4.79 Å². The highest BCUT2D eigenvalue weighted by atomic mass is 16.1. The normalized spacial score (nSPS) is 10.2. The molecule has 1 amide bonds. The number of anilines is 2. The third kappa shape index (κ3) is 2.80. The molecule has 3 aromatic rings. The van der Waals surface area contributed by atoms with Crippen LogP contribution in [0.25, 0.3) is 5.69 Å². The van der Waals surface area contributed by atoms with Crippen LogP contribution in [-0.4, -0.2) is 20.7 Å². The molecule has 7 heteroatoms. The molecule has 24 heavy (non-hydrogen) atoms. The molecule has 3 N–H and O–H groups in total. The van der Waals surface area contributed by atoms with Gasteiger partial charge in [-0.15, -0.1) is 0 Å². The summed E-state index contributed by atoms with van der Waals surface area (Å²) in [6.07, 6.45) is 3.06. The van der Waals surface area contributed by atoms with E-state index in [2.05, 4.69) is 15.4 Å². The zero-order valence-corrected chi connectivity index (χ0v) is 12.9. The Morgan fingerprint density at radius 3 is 2.67 bits per heavy atom. The van der Waals surface area contributed by atoms with Crippen molar-refractivity contribution in [2.75, 3.05) is 11.1 Å². The highest BCUT2D eigenvalue weighted by Gasteiger charge is 2.11. The van der Waals surface area contributed by atoms with Crippen molar-refractivity contribution in [3.8, 4) is 11.8 Å². The van der Waals surface area contributed by atoms with Gasteiger partial charge in [0.15, 0.2) is 0 Å². The van der Waals surface area contributed by atoms with Crippen molar-refractivity contribution in [3.63, 3.8) is 0 Å². The first-order valence-electron chi connectivity index (χ1n) is 7.17. The quantitative estimate of drug-likeness (QED) is 0.770. The second-order valence-electron chi connectivity index (χ2n) is 5.10. The molecule has 2 aromatic heterocycles. The van der Waals surface area contributed by atoms with Gasteiger partial charge in [-0.25, -0.2) is 4.68 Å². The summed E-state index contributed by atoms with van der Waals surface area (Å²) in [4.78, 5) is 16.4. The molecule has 0 aliphatic rings. The first-order chi connectivity index (χ1) is 11.6. The number of hydrogen-bond acceptors (Lipinski definition) is 5. The molecular weight excluding hydrogens is 304 g/mol. The number of hydrogen-bond donors (Lipinski definition) is 2. The van der Waals surface area contributed by atoms with Crippen LogP contribution in [0.15, 0.2) is 48.8 Å². The molecular formula is C17H14N6O. The lowest BCUT2D eigenvalue weighted by molar-refractivity contribution is 0.102. The number of nitrogen functional groups attached to an aromatic ring is 1. The van der Waals surface area contributed by atoms with Gasteiger partial charge in [-0.1, -0.05) is 0 Å². The van der Waals surface area contributed by atoms with Gasteiger partial charge in [0.2, 0.25) is 0 Å². The van der Waals surface area contributed by atoms with Crippen LogP contribution in [0.5, 0.6) is 0 Å². The maximum absolute atomic E-state index is 12.3. The molecule has 1 aromatic carbocycles. The molecule has 0 saturated carbocycles. The van der Waals surface area contributed by atoms with Gasteiger partial charge in [-0.05, 0) is 43.3 Å². The number of nitriles is 1. The number of nitrogens with zero attached hydrogens (tertiary/aromatic N) is 4. The standard InChI is InChI=1S/C17H14N6O/c1-11-15(3-2-8-20-11)17(24)22-13-4-6-14(7-5-13)23-16(19)12(9-18)10-21-23/h2-8,10H,19H2,1H3,(H,22,24). The lowest BCUT2D eigenvalue weighted by Crippen LogP contribution is -2.14. The fourth-order valence-corrected chi connectivity index (χ4v) is 2.26. The van der Waals surface area contributed by atoms with Crippen LogP contribution >= 0.6 is 0 Å². The minimum absolute atomic E-state index is 0.223. The van der Waals surface area contributed by atoms with Crippen molar-refractivity contribution in [2.45, 2.75) is 6.92 Å². The average molecular weight is 318 g/mol. The number of amides is 1. The van der Waals surface area contributed by atoms with Crippen LogP contribution in [0.3, 0.4) is 0 Å². The van der Waals surface area contributed by atoms with Crippen LogP contribution in [0.1, 0.15) is 21.6 Å². The molecule has 0 aliphatic carbocycles.